The van der Waals surface area contributed by atoms with Gasteiger partial charge in [0.1, 0.15) is 5.37 Å². The maximum Gasteiger partial charge on any atom is 0.280 e. The van der Waals surface area contributed by atoms with E-state index in [2.05, 4.69) is 5.43 Å². The van der Waals surface area contributed by atoms with Crippen LogP contribution in [0.4, 0.5) is 0 Å². The zero-order valence-corrected chi connectivity index (χ0v) is 21.2. The van der Waals surface area contributed by atoms with Gasteiger partial charge in [-0.25, -0.2) is 5.01 Å². The van der Waals surface area contributed by atoms with E-state index in [1.54, 1.807) is 42.5 Å². The van der Waals surface area contributed by atoms with Crippen molar-refractivity contribution in [3.05, 3.63) is 135 Å². The maximum absolute atomic E-state index is 13.4. The Balaban J connectivity index is 1.41. The van der Waals surface area contributed by atoms with Crippen molar-refractivity contribution in [2.24, 2.45) is 0 Å². The smallest absolute Gasteiger partial charge is 0.267 e. The lowest BCUT2D eigenvalue weighted by atomic mass is 10.0. The topological polar surface area (TPSA) is 49.4 Å². The average Bonchev–Trinajstić information content (AvgIpc) is 3.21. The molecule has 5 rings (SSSR count). The van der Waals surface area contributed by atoms with E-state index in [1.165, 1.54) is 16.8 Å². The fourth-order valence-electron chi connectivity index (χ4n) is 3.83. The standard InChI is InChI=1S/C29H20Cl2N2O2S/c30-24-14-6-19(7-15-24)18-26-28(35)33(29(36-26)23-12-16-25(31)17-13-23)32-27(34)22-10-8-21(9-11-22)20-4-2-1-3-5-20/h1-18,29H,(H,32,34)/b26-18-. The highest BCUT2D eigenvalue weighted by Crippen LogP contribution is 2.45. The normalized spacial score (nSPS) is 16.4. The van der Waals surface area contributed by atoms with Crippen LogP contribution in [0.15, 0.2) is 108 Å². The van der Waals surface area contributed by atoms with E-state index in [4.69, 9.17) is 23.2 Å². The third kappa shape index (κ3) is 5.34. The fraction of sp³-hybridized carbons (Fsp3) is 0.0345. The first-order valence-corrected chi connectivity index (χ1v) is 12.8. The third-order valence-electron chi connectivity index (χ3n) is 5.70. The number of halogens is 2. The Bertz CT molecular complexity index is 1420. The number of amides is 2. The van der Waals surface area contributed by atoms with Crippen molar-refractivity contribution in [1.82, 2.24) is 10.4 Å². The van der Waals surface area contributed by atoms with E-state index in [0.717, 1.165) is 22.3 Å². The van der Waals surface area contributed by atoms with Crippen molar-refractivity contribution in [3.63, 3.8) is 0 Å². The molecule has 0 radical (unpaired) electrons. The molecule has 4 aromatic rings. The summed E-state index contributed by atoms with van der Waals surface area (Å²) in [5.74, 6) is -0.653. The quantitative estimate of drug-likeness (QED) is 0.270. The molecule has 1 aliphatic rings. The fourth-order valence-corrected chi connectivity index (χ4v) is 5.27. The molecule has 7 heteroatoms. The van der Waals surface area contributed by atoms with Crippen LogP contribution in [0.1, 0.15) is 26.9 Å². The average molecular weight is 531 g/mol. The third-order valence-corrected chi connectivity index (χ3v) is 7.46. The van der Waals surface area contributed by atoms with Crippen molar-refractivity contribution in [3.8, 4) is 11.1 Å². The zero-order chi connectivity index (χ0) is 25.1. The number of hydrogen-bond donors (Lipinski definition) is 1. The summed E-state index contributed by atoms with van der Waals surface area (Å²) in [6.07, 6.45) is 1.80. The van der Waals surface area contributed by atoms with Crippen molar-refractivity contribution in [2.45, 2.75) is 5.37 Å². The summed E-state index contributed by atoms with van der Waals surface area (Å²) in [5.41, 5.74) is 7.04. The molecule has 0 aliphatic carbocycles. The van der Waals surface area contributed by atoms with Crippen LogP contribution in [0.3, 0.4) is 0 Å². The molecule has 36 heavy (non-hydrogen) atoms. The second-order valence-electron chi connectivity index (χ2n) is 8.14. The number of hydrogen-bond acceptors (Lipinski definition) is 3. The van der Waals surface area contributed by atoms with Crippen LogP contribution in [-0.2, 0) is 4.79 Å². The minimum Gasteiger partial charge on any atom is -0.267 e. The SMILES string of the molecule is O=C(NN1C(=O)/C(=C/c2ccc(Cl)cc2)SC1c1ccc(Cl)cc1)c1ccc(-c2ccccc2)cc1. The molecule has 1 unspecified atom stereocenters. The van der Waals surface area contributed by atoms with Gasteiger partial charge in [0.25, 0.3) is 11.8 Å². The largest absolute Gasteiger partial charge is 0.280 e. The number of thioether (sulfide) groups is 1. The molecular weight excluding hydrogens is 511 g/mol. The van der Waals surface area contributed by atoms with Gasteiger partial charge in [0.15, 0.2) is 0 Å². The Hall–Kier alpha value is -3.51. The molecule has 178 valence electrons. The molecule has 1 saturated heterocycles. The highest BCUT2D eigenvalue weighted by molar-refractivity contribution is 8.04. The van der Waals surface area contributed by atoms with Gasteiger partial charge in [-0.05, 0) is 64.7 Å². The molecule has 1 fully saturated rings. The second-order valence-corrected chi connectivity index (χ2v) is 10.1. The Morgan fingerprint density at radius 1 is 0.778 bits per heavy atom. The maximum atomic E-state index is 13.4. The molecule has 1 atom stereocenters. The number of carbonyl (C=O) groups excluding carboxylic acids is 2. The minimum absolute atomic E-state index is 0.288. The van der Waals surface area contributed by atoms with E-state index in [1.807, 2.05) is 66.7 Å². The monoisotopic (exact) mass is 530 g/mol. The van der Waals surface area contributed by atoms with Gasteiger partial charge in [-0.3, -0.25) is 15.0 Å². The van der Waals surface area contributed by atoms with Crippen molar-refractivity contribution >= 4 is 52.9 Å². The van der Waals surface area contributed by atoms with Gasteiger partial charge in [-0.1, -0.05) is 102 Å². The molecule has 0 saturated carbocycles. The first-order valence-electron chi connectivity index (χ1n) is 11.2. The number of benzene rings is 4. The highest BCUT2D eigenvalue weighted by atomic mass is 35.5. The first-order chi connectivity index (χ1) is 17.5. The van der Waals surface area contributed by atoms with E-state index in [0.29, 0.717) is 20.5 Å². The van der Waals surface area contributed by atoms with Crippen LogP contribution in [0.2, 0.25) is 10.0 Å². The van der Waals surface area contributed by atoms with E-state index < -0.39 is 5.37 Å². The van der Waals surface area contributed by atoms with Crippen LogP contribution < -0.4 is 5.43 Å². The summed E-state index contributed by atoms with van der Waals surface area (Å²) in [7, 11) is 0. The molecule has 1 N–H and O–H groups in total. The molecule has 4 aromatic carbocycles. The van der Waals surface area contributed by atoms with Gasteiger partial charge in [0.2, 0.25) is 0 Å². The minimum atomic E-state index is -0.444. The lowest BCUT2D eigenvalue weighted by Crippen LogP contribution is -2.44. The summed E-state index contributed by atoms with van der Waals surface area (Å²) < 4.78 is 0. The summed E-state index contributed by atoms with van der Waals surface area (Å²) in [4.78, 5) is 27.1. The predicted octanol–water partition coefficient (Wildman–Crippen LogP) is 7.62. The number of hydrazine groups is 1. The van der Waals surface area contributed by atoms with Gasteiger partial charge in [0.05, 0.1) is 4.91 Å². The summed E-state index contributed by atoms with van der Waals surface area (Å²) in [6.45, 7) is 0. The van der Waals surface area contributed by atoms with Gasteiger partial charge >= 0.3 is 0 Å². The Kier molecular flexibility index (Phi) is 7.14. The van der Waals surface area contributed by atoms with Crippen LogP contribution >= 0.6 is 35.0 Å². The van der Waals surface area contributed by atoms with Gasteiger partial charge in [0, 0.05) is 15.6 Å². The molecule has 4 nitrogen and oxygen atoms in total. The lowest BCUT2D eigenvalue weighted by Gasteiger charge is -2.24. The first kappa shape index (κ1) is 24.2. The number of carbonyl (C=O) groups is 2. The summed E-state index contributed by atoms with van der Waals surface area (Å²) in [6, 6.07) is 31.7. The highest BCUT2D eigenvalue weighted by Gasteiger charge is 2.38. The van der Waals surface area contributed by atoms with Gasteiger partial charge in [-0.15, -0.1) is 0 Å². The molecule has 0 aromatic heterocycles. The van der Waals surface area contributed by atoms with Crippen molar-refractivity contribution in [1.29, 1.82) is 0 Å². The second kappa shape index (κ2) is 10.6. The van der Waals surface area contributed by atoms with Crippen LogP contribution in [-0.4, -0.2) is 16.8 Å². The Morgan fingerprint density at radius 3 is 2.00 bits per heavy atom. The molecule has 2 amide bonds. The summed E-state index contributed by atoms with van der Waals surface area (Å²) in [5, 5.41) is 2.15. The number of rotatable bonds is 5. The van der Waals surface area contributed by atoms with Gasteiger partial charge < -0.3 is 0 Å². The van der Waals surface area contributed by atoms with E-state index in [-0.39, 0.29) is 11.8 Å². The molecule has 1 aliphatic heterocycles. The van der Waals surface area contributed by atoms with Gasteiger partial charge in [-0.2, -0.15) is 0 Å². The molecular formula is C29H20Cl2N2O2S. The van der Waals surface area contributed by atoms with Crippen molar-refractivity contribution in [2.75, 3.05) is 0 Å². The number of nitrogens with zero attached hydrogens (tertiary/aromatic N) is 1. The summed E-state index contributed by atoms with van der Waals surface area (Å²) >= 11 is 13.4. The lowest BCUT2D eigenvalue weighted by molar-refractivity contribution is -0.128. The Morgan fingerprint density at radius 2 is 1.36 bits per heavy atom. The number of nitrogens with one attached hydrogen (secondary N) is 1. The zero-order valence-electron chi connectivity index (χ0n) is 18.9. The van der Waals surface area contributed by atoms with E-state index >= 15 is 0 Å². The predicted molar refractivity (Wildman–Crippen MR) is 147 cm³/mol. The van der Waals surface area contributed by atoms with Crippen LogP contribution in [0.5, 0.6) is 0 Å². The van der Waals surface area contributed by atoms with Crippen LogP contribution in [0.25, 0.3) is 17.2 Å². The van der Waals surface area contributed by atoms with E-state index in [9.17, 15) is 9.59 Å². The van der Waals surface area contributed by atoms with Crippen LogP contribution in [0, 0.1) is 0 Å². The van der Waals surface area contributed by atoms with Crippen molar-refractivity contribution < 1.29 is 9.59 Å². The molecule has 1 heterocycles. The molecule has 0 spiro atoms. The molecule has 0 bridgehead atoms. The Labute approximate surface area is 223 Å².